The molecule has 1 aromatic rings. The minimum Gasteiger partial charge on any atom is -0.315 e. The van der Waals surface area contributed by atoms with Gasteiger partial charge in [-0.1, -0.05) is 38.1 Å². The van der Waals surface area contributed by atoms with Crippen molar-refractivity contribution in [3.05, 3.63) is 35.4 Å². The van der Waals surface area contributed by atoms with Gasteiger partial charge in [0.25, 0.3) is 0 Å². The molecule has 88 valence electrons. The zero-order chi connectivity index (χ0) is 11.4. The quantitative estimate of drug-likeness (QED) is 0.816. The van der Waals surface area contributed by atoms with Crippen molar-refractivity contribution in [1.82, 2.24) is 10.2 Å². The van der Waals surface area contributed by atoms with Gasteiger partial charge in [0.1, 0.15) is 0 Å². The summed E-state index contributed by atoms with van der Waals surface area (Å²) in [5, 5.41) is 3.46. The predicted molar refractivity (Wildman–Crippen MR) is 68.3 cm³/mol. The summed E-state index contributed by atoms with van der Waals surface area (Å²) in [6, 6.07) is 9.48. The largest absolute Gasteiger partial charge is 0.315 e. The molecule has 0 saturated carbocycles. The maximum Gasteiger partial charge on any atom is 0.0244 e. The first-order valence-electron chi connectivity index (χ1n) is 6.36. The number of fused-ring (bicyclic) bond motifs is 1. The van der Waals surface area contributed by atoms with Gasteiger partial charge in [-0.15, -0.1) is 0 Å². The van der Waals surface area contributed by atoms with Crippen LogP contribution in [0.15, 0.2) is 24.3 Å². The van der Waals surface area contributed by atoms with Gasteiger partial charge >= 0.3 is 0 Å². The van der Waals surface area contributed by atoms with Gasteiger partial charge in [0.15, 0.2) is 0 Å². The average Bonchev–Trinajstić information content (AvgIpc) is 2.73. The molecule has 0 radical (unpaired) electrons. The lowest BCUT2D eigenvalue weighted by atomic mass is 10.1. The van der Waals surface area contributed by atoms with Gasteiger partial charge in [0.05, 0.1) is 0 Å². The Morgan fingerprint density at radius 2 is 1.81 bits per heavy atom. The molecule has 0 aromatic heterocycles. The molecule has 2 rings (SSSR count). The first-order valence-corrected chi connectivity index (χ1v) is 6.36. The van der Waals surface area contributed by atoms with Gasteiger partial charge in [0.2, 0.25) is 0 Å². The molecule has 1 heterocycles. The first-order chi connectivity index (χ1) is 7.85. The number of nitrogens with one attached hydrogen (secondary N) is 1. The van der Waals surface area contributed by atoms with Gasteiger partial charge in [-0.2, -0.15) is 0 Å². The molecule has 1 aliphatic rings. The molecule has 0 saturated heterocycles. The van der Waals surface area contributed by atoms with Crippen LogP contribution in [0.5, 0.6) is 0 Å². The summed E-state index contributed by atoms with van der Waals surface area (Å²) < 4.78 is 0. The third kappa shape index (κ3) is 2.45. The van der Waals surface area contributed by atoms with Crippen molar-refractivity contribution in [2.75, 3.05) is 13.1 Å². The number of hydrogen-bond donors (Lipinski definition) is 1. The standard InChI is InChI=1S/C14H22N2/c1-3-14(9-15-4-2)16-10-12-7-5-6-8-13(12)11-16/h5-8,14-15H,3-4,9-11H2,1-2H3. The Bertz CT molecular complexity index is 310. The summed E-state index contributed by atoms with van der Waals surface area (Å²) in [7, 11) is 0. The van der Waals surface area contributed by atoms with Crippen LogP contribution in [-0.2, 0) is 13.1 Å². The van der Waals surface area contributed by atoms with Crippen molar-refractivity contribution >= 4 is 0 Å². The highest BCUT2D eigenvalue weighted by atomic mass is 15.2. The minimum atomic E-state index is 0.673. The van der Waals surface area contributed by atoms with Crippen LogP contribution in [0.25, 0.3) is 0 Å². The van der Waals surface area contributed by atoms with Gasteiger partial charge in [-0.25, -0.2) is 0 Å². The summed E-state index contributed by atoms with van der Waals surface area (Å²) in [5.41, 5.74) is 3.02. The zero-order valence-electron chi connectivity index (χ0n) is 10.4. The van der Waals surface area contributed by atoms with E-state index in [9.17, 15) is 0 Å². The SMILES string of the molecule is CCNCC(CC)N1Cc2ccccc2C1. The van der Waals surface area contributed by atoms with Crippen LogP contribution >= 0.6 is 0 Å². The number of benzene rings is 1. The molecule has 0 amide bonds. The van der Waals surface area contributed by atoms with E-state index in [-0.39, 0.29) is 0 Å². The highest BCUT2D eigenvalue weighted by Gasteiger charge is 2.23. The fraction of sp³-hybridized carbons (Fsp3) is 0.571. The molecule has 1 aliphatic heterocycles. The summed E-state index contributed by atoms with van der Waals surface area (Å²) in [6.07, 6.45) is 1.22. The van der Waals surface area contributed by atoms with Crippen molar-refractivity contribution in [3.8, 4) is 0 Å². The summed E-state index contributed by atoms with van der Waals surface area (Å²) in [6.45, 7) is 8.88. The van der Waals surface area contributed by atoms with E-state index in [4.69, 9.17) is 0 Å². The lowest BCUT2D eigenvalue weighted by Crippen LogP contribution is -2.38. The molecular weight excluding hydrogens is 196 g/mol. The molecule has 2 heteroatoms. The molecule has 1 N–H and O–H groups in total. The van der Waals surface area contributed by atoms with Crippen LogP contribution in [-0.4, -0.2) is 24.0 Å². The van der Waals surface area contributed by atoms with E-state index in [2.05, 4.69) is 48.3 Å². The predicted octanol–water partition coefficient (Wildman–Crippen LogP) is 2.39. The van der Waals surface area contributed by atoms with Crippen LogP contribution in [0.2, 0.25) is 0 Å². The van der Waals surface area contributed by atoms with Gasteiger partial charge in [-0.3, -0.25) is 4.90 Å². The van der Waals surface area contributed by atoms with Crippen molar-refractivity contribution < 1.29 is 0 Å². The van der Waals surface area contributed by atoms with Crippen LogP contribution in [0.4, 0.5) is 0 Å². The molecule has 1 atom stereocenters. The first kappa shape index (κ1) is 11.6. The fourth-order valence-corrected chi connectivity index (χ4v) is 2.46. The lowest BCUT2D eigenvalue weighted by Gasteiger charge is -2.26. The highest BCUT2D eigenvalue weighted by molar-refractivity contribution is 5.30. The van der Waals surface area contributed by atoms with E-state index in [1.165, 1.54) is 17.5 Å². The highest BCUT2D eigenvalue weighted by Crippen LogP contribution is 2.24. The number of rotatable bonds is 5. The summed E-state index contributed by atoms with van der Waals surface area (Å²) in [5.74, 6) is 0. The number of likely N-dealkylation sites (N-methyl/N-ethyl adjacent to an activating group) is 1. The van der Waals surface area contributed by atoms with Crippen LogP contribution in [0, 0.1) is 0 Å². The Balaban J connectivity index is 1.98. The Hall–Kier alpha value is -0.860. The van der Waals surface area contributed by atoms with E-state index in [1.54, 1.807) is 0 Å². The molecular formula is C14H22N2. The summed E-state index contributed by atoms with van der Waals surface area (Å²) in [4.78, 5) is 2.59. The van der Waals surface area contributed by atoms with Crippen molar-refractivity contribution in [1.29, 1.82) is 0 Å². The second kappa shape index (κ2) is 5.46. The fourth-order valence-electron chi connectivity index (χ4n) is 2.46. The molecule has 2 nitrogen and oxygen atoms in total. The monoisotopic (exact) mass is 218 g/mol. The maximum absolute atomic E-state index is 3.46. The molecule has 1 aromatic carbocycles. The normalized spacial score (nSPS) is 17.4. The molecule has 16 heavy (non-hydrogen) atoms. The molecule has 1 unspecified atom stereocenters. The van der Waals surface area contributed by atoms with Crippen molar-refractivity contribution in [3.63, 3.8) is 0 Å². The maximum atomic E-state index is 3.46. The topological polar surface area (TPSA) is 15.3 Å². The Morgan fingerprint density at radius 1 is 1.19 bits per heavy atom. The van der Waals surface area contributed by atoms with E-state index >= 15 is 0 Å². The van der Waals surface area contributed by atoms with Crippen molar-refractivity contribution in [2.24, 2.45) is 0 Å². The Labute approximate surface area is 98.7 Å². The second-order valence-corrected chi connectivity index (χ2v) is 4.54. The van der Waals surface area contributed by atoms with E-state index < -0.39 is 0 Å². The number of hydrogen-bond acceptors (Lipinski definition) is 2. The van der Waals surface area contributed by atoms with Gasteiger partial charge < -0.3 is 5.32 Å². The third-order valence-electron chi connectivity index (χ3n) is 3.48. The van der Waals surface area contributed by atoms with Gasteiger partial charge in [0, 0.05) is 25.7 Å². The van der Waals surface area contributed by atoms with Crippen molar-refractivity contribution in [2.45, 2.75) is 39.4 Å². The molecule has 0 spiro atoms. The molecule has 0 aliphatic carbocycles. The van der Waals surface area contributed by atoms with Crippen LogP contribution in [0.1, 0.15) is 31.4 Å². The Morgan fingerprint density at radius 3 is 2.31 bits per heavy atom. The van der Waals surface area contributed by atoms with E-state index in [0.29, 0.717) is 6.04 Å². The average molecular weight is 218 g/mol. The van der Waals surface area contributed by atoms with E-state index in [1.807, 2.05) is 0 Å². The van der Waals surface area contributed by atoms with Crippen LogP contribution < -0.4 is 5.32 Å². The molecule has 0 bridgehead atoms. The van der Waals surface area contributed by atoms with Gasteiger partial charge in [-0.05, 0) is 24.1 Å². The summed E-state index contributed by atoms with van der Waals surface area (Å²) >= 11 is 0. The molecule has 0 fully saturated rings. The minimum absolute atomic E-state index is 0.673. The number of nitrogens with zero attached hydrogens (tertiary/aromatic N) is 1. The Kier molecular flexibility index (Phi) is 3.97. The van der Waals surface area contributed by atoms with Crippen LogP contribution in [0.3, 0.4) is 0 Å². The van der Waals surface area contributed by atoms with E-state index in [0.717, 1.165) is 26.2 Å². The smallest absolute Gasteiger partial charge is 0.0244 e. The lowest BCUT2D eigenvalue weighted by molar-refractivity contribution is 0.189. The second-order valence-electron chi connectivity index (χ2n) is 4.54. The third-order valence-corrected chi connectivity index (χ3v) is 3.48. The zero-order valence-corrected chi connectivity index (χ0v) is 10.4.